The Morgan fingerprint density at radius 3 is 2.75 bits per heavy atom. The number of ether oxygens (including phenoxy) is 1. The summed E-state index contributed by atoms with van der Waals surface area (Å²) in [4.78, 5) is 7.77. The zero-order valence-electron chi connectivity index (χ0n) is 10.5. The molecule has 0 aliphatic carbocycles. The molecule has 2 rings (SSSR count). The van der Waals surface area contributed by atoms with Crippen molar-refractivity contribution < 1.29 is 13.5 Å². The van der Waals surface area contributed by atoms with Crippen LogP contribution in [0, 0.1) is 11.6 Å². The standard InChI is InChI=1S/C12H11BrF2N4O/c1-2-20-12-10(16)11(17-5-18-12)19-9-3-6(13)7(14)4-8(9)15/h3-5H,2,16H2,1H3,(H,17,18,19). The predicted octanol–water partition coefficient (Wildman–Crippen LogP) is 3.24. The van der Waals surface area contributed by atoms with Gasteiger partial charge in [0.05, 0.1) is 16.8 Å². The Morgan fingerprint density at radius 1 is 1.30 bits per heavy atom. The van der Waals surface area contributed by atoms with Gasteiger partial charge >= 0.3 is 0 Å². The molecule has 0 aliphatic heterocycles. The third-order valence-corrected chi connectivity index (χ3v) is 3.00. The maximum absolute atomic E-state index is 13.7. The van der Waals surface area contributed by atoms with Gasteiger partial charge in [-0.2, -0.15) is 4.98 Å². The lowest BCUT2D eigenvalue weighted by Crippen LogP contribution is -2.06. The summed E-state index contributed by atoms with van der Waals surface area (Å²) in [6.07, 6.45) is 1.24. The molecule has 0 aliphatic rings. The Hall–Kier alpha value is -1.96. The van der Waals surface area contributed by atoms with Crippen LogP contribution in [0.3, 0.4) is 0 Å². The first-order chi connectivity index (χ1) is 9.52. The molecule has 3 N–H and O–H groups in total. The highest BCUT2D eigenvalue weighted by atomic mass is 79.9. The third-order valence-electron chi connectivity index (χ3n) is 2.39. The van der Waals surface area contributed by atoms with Gasteiger partial charge in [-0.3, -0.25) is 0 Å². The number of halogens is 3. The van der Waals surface area contributed by atoms with Crippen molar-refractivity contribution in [2.24, 2.45) is 0 Å². The first kappa shape index (κ1) is 14.4. The van der Waals surface area contributed by atoms with Crippen molar-refractivity contribution in [1.29, 1.82) is 0 Å². The van der Waals surface area contributed by atoms with Gasteiger partial charge in [0.1, 0.15) is 23.6 Å². The van der Waals surface area contributed by atoms with Crippen LogP contribution in [0.2, 0.25) is 0 Å². The minimum atomic E-state index is -0.762. The van der Waals surface area contributed by atoms with Crippen LogP contribution in [0.25, 0.3) is 0 Å². The Bertz CT molecular complexity index is 639. The van der Waals surface area contributed by atoms with Crippen molar-refractivity contribution in [2.75, 3.05) is 17.7 Å². The number of aromatic nitrogens is 2. The molecule has 2 aromatic rings. The van der Waals surface area contributed by atoms with E-state index in [1.807, 2.05) is 0 Å². The summed E-state index contributed by atoms with van der Waals surface area (Å²) in [7, 11) is 0. The summed E-state index contributed by atoms with van der Waals surface area (Å²) < 4.78 is 32.1. The zero-order chi connectivity index (χ0) is 14.7. The fourth-order valence-electron chi connectivity index (χ4n) is 1.48. The van der Waals surface area contributed by atoms with Crippen molar-refractivity contribution in [1.82, 2.24) is 9.97 Å². The maximum Gasteiger partial charge on any atom is 0.242 e. The van der Waals surface area contributed by atoms with Gasteiger partial charge in [-0.05, 0) is 28.9 Å². The average molecular weight is 345 g/mol. The van der Waals surface area contributed by atoms with Gasteiger partial charge in [0.25, 0.3) is 0 Å². The summed E-state index contributed by atoms with van der Waals surface area (Å²) in [5.74, 6) is -1.08. The second-order valence-corrected chi connectivity index (χ2v) is 4.60. The SMILES string of the molecule is CCOc1ncnc(Nc2cc(Br)c(F)cc2F)c1N. The molecule has 0 bridgehead atoms. The monoisotopic (exact) mass is 344 g/mol. The Labute approximate surface area is 122 Å². The van der Waals surface area contributed by atoms with Crippen LogP contribution in [0.4, 0.5) is 26.0 Å². The fourth-order valence-corrected chi connectivity index (χ4v) is 1.82. The fraction of sp³-hybridized carbons (Fsp3) is 0.167. The Kier molecular flexibility index (Phi) is 4.33. The van der Waals surface area contributed by atoms with Crippen molar-refractivity contribution in [3.05, 3.63) is 34.6 Å². The topological polar surface area (TPSA) is 73.1 Å². The van der Waals surface area contributed by atoms with Gasteiger partial charge in [0.2, 0.25) is 5.88 Å². The summed E-state index contributed by atoms with van der Waals surface area (Å²) in [5.41, 5.74) is 6.00. The molecular formula is C12H11BrF2N4O. The molecular weight excluding hydrogens is 334 g/mol. The lowest BCUT2D eigenvalue weighted by Gasteiger charge is -2.12. The highest BCUT2D eigenvalue weighted by molar-refractivity contribution is 9.10. The number of nitrogens with zero attached hydrogens (tertiary/aromatic N) is 2. The van der Waals surface area contributed by atoms with Crippen LogP contribution in [0.1, 0.15) is 6.92 Å². The molecule has 0 atom stereocenters. The molecule has 0 unspecified atom stereocenters. The molecule has 8 heteroatoms. The van der Waals surface area contributed by atoms with Crippen LogP contribution in [-0.4, -0.2) is 16.6 Å². The van der Waals surface area contributed by atoms with Crippen LogP contribution in [-0.2, 0) is 0 Å². The van der Waals surface area contributed by atoms with E-state index in [-0.39, 0.29) is 27.5 Å². The Morgan fingerprint density at radius 2 is 2.05 bits per heavy atom. The maximum atomic E-state index is 13.7. The molecule has 106 valence electrons. The molecule has 0 saturated carbocycles. The van der Waals surface area contributed by atoms with E-state index in [0.717, 1.165) is 6.07 Å². The molecule has 0 spiro atoms. The number of benzene rings is 1. The summed E-state index contributed by atoms with van der Waals surface area (Å²) in [6.45, 7) is 2.17. The Balaban J connectivity index is 2.35. The number of nitrogens with one attached hydrogen (secondary N) is 1. The van der Waals surface area contributed by atoms with E-state index in [9.17, 15) is 8.78 Å². The number of nitrogen functional groups attached to an aromatic ring is 1. The number of anilines is 3. The second kappa shape index (κ2) is 6.00. The number of rotatable bonds is 4. The second-order valence-electron chi connectivity index (χ2n) is 3.75. The molecule has 1 aromatic carbocycles. The summed E-state index contributed by atoms with van der Waals surface area (Å²) in [6, 6.07) is 2.01. The lowest BCUT2D eigenvalue weighted by atomic mass is 10.3. The number of hydrogen-bond acceptors (Lipinski definition) is 5. The number of hydrogen-bond donors (Lipinski definition) is 2. The normalized spacial score (nSPS) is 10.4. The molecule has 5 nitrogen and oxygen atoms in total. The predicted molar refractivity (Wildman–Crippen MR) is 75.0 cm³/mol. The van der Waals surface area contributed by atoms with Gasteiger partial charge in [-0.15, -0.1) is 0 Å². The first-order valence-corrected chi connectivity index (χ1v) is 6.47. The minimum Gasteiger partial charge on any atom is -0.476 e. The van der Waals surface area contributed by atoms with Gasteiger partial charge in [0, 0.05) is 6.07 Å². The third kappa shape index (κ3) is 2.96. The van der Waals surface area contributed by atoms with Crippen molar-refractivity contribution in [3.8, 4) is 5.88 Å². The van der Waals surface area contributed by atoms with E-state index in [1.54, 1.807) is 6.92 Å². The molecule has 0 fully saturated rings. The lowest BCUT2D eigenvalue weighted by molar-refractivity contribution is 0.328. The quantitative estimate of drug-likeness (QED) is 0.833. The summed E-state index contributed by atoms with van der Waals surface area (Å²) >= 11 is 2.98. The highest BCUT2D eigenvalue weighted by Gasteiger charge is 2.13. The van der Waals surface area contributed by atoms with Crippen LogP contribution in [0.5, 0.6) is 5.88 Å². The van der Waals surface area contributed by atoms with E-state index < -0.39 is 11.6 Å². The zero-order valence-corrected chi connectivity index (χ0v) is 12.0. The first-order valence-electron chi connectivity index (χ1n) is 5.67. The molecule has 0 amide bonds. The molecule has 1 aromatic heterocycles. The van der Waals surface area contributed by atoms with Gasteiger partial charge in [-0.25, -0.2) is 13.8 Å². The van der Waals surface area contributed by atoms with Gasteiger partial charge in [0.15, 0.2) is 5.82 Å². The average Bonchev–Trinajstić information content (AvgIpc) is 2.40. The van der Waals surface area contributed by atoms with Crippen molar-refractivity contribution in [2.45, 2.75) is 6.92 Å². The van der Waals surface area contributed by atoms with Crippen LogP contribution >= 0.6 is 15.9 Å². The van der Waals surface area contributed by atoms with E-state index in [2.05, 4.69) is 31.2 Å². The van der Waals surface area contributed by atoms with Gasteiger partial charge < -0.3 is 15.8 Å². The highest BCUT2D eigenvalue weighted by Crippen LogP contribution is 2.30. The van der Waals surface area contributed by atoms with Gasteiger partial charge in [-0.1, -0.05) is 0 Å². The largest absolute Gasteiger partial charge is 0.476 e. The number of nitrogens with two attached hydrogens (primary N) is 1. The van der Waals surface area contributed by atoms with E-state index in [1.165, 1.54) is 12.4 Å². The molecule has 0 radical (unpaired) electrons. The molecule has 0 saturated heterocycles. The van der Waals surface area contributed by atoms with E-state index in [0.29, 0.717) is 6.61 Å². The smallest absolute Gasteiger partial charge is 0.242 e. The molecule has 1 heterocycles. The summed E-state index contributed by atoms with van der Waals surface area (Å²) in [5, 5.41) is 2.68. The van der Waals surface area contributed by atoms with Crippen molar-refractivity contribution in [3.63, 3.8) is 0 Å². The van der Waals surface area contributed by atoms with E-state index >= 15 is 0 Å². The molecule has 20 heavy (non-hydrogen) atoms. The van der Waals surface area contributed by atoms with Crippen LogP contribution in [0.15, 0.2) is 22.9 Å². The van der Waals surface area contributed by atoms with Crippen LogP contribution < -0.4 is 15.8 Å². The van der Waals surface area contributed by atoms with E-state index in [4.69, 9.17) is 10.5 Å². The van der Waals surface area contributed by atoms with Crippen molar-refractivity contribution >= 4 is 33.1 Å². The minimum absolute atomic E-state index is 0.0334.